The summed E-state index contributed by atoms with van der Waals surface area (Å²) in [5, 5.41) is 22.1. The molecule has 5 heteroatoms. The lowest BCUT2D eigenvalue weighted by Crippen LogP contribution is -2.41. The third-order valence-corrected chi connectivity index (χ3v) is 3.74. The molecule has 2 rings (SSSR count). The lowest BCUT2D eigenvalue weighted by Gasteiger charge is -2.32. The maximum atomic E-state index is 12.2. The van der Waals surface area contributed by atoms with Gasteiger partial charge < -0.3 is 15.5 Å². The monoisotopic (exact) mass is 278 g/mol. The van der Waals surface area contributed by atoms with Gasteiger partial charge in [0.05, 0.1) is 12.1 Å². The van der Waals surface area contributed by atoms with Gasteiger partial charge in [0, 0.05) is 12.6 Å². The van der Waals surface area contributed by atoms with Crippen molar-refractivity contribution in [1.82, 2.24) is 10.2 Å². The number of benzene rings is 1. The largest absolute Gasteiger partial charge is 0.508 e. The topological polar surface area (TPSA) is 72.8 Å². The van der Waals surface area contributed by atoms with E-state index in [0.717, 1.165) is 26.1 Å². The maximum absolute atomic E-state index is 12.2. The molecule has 1 saturated heterocycles. The minimum absolute atomic E-state index is 0.0360. The Bertz CT molecular complexity index is 474. The van der Waals surface area contributed by atoms with Crippen molar-refractivity contribution in [3.05, 3.63) is 23.8 Å². The standard InChI is InChI=1S/C15H22N2O3/c1-16-8-11-3-2-6-17(9-11)10-15(20)13-5-4-12(18)7-14(13)19/h4-5,7,11,16,18-19H,2-3,6,8-10H2,1H3. The van der Waals surface area contributed by atoms with Crippen molar-refractivity contribution >= 4 is 5.78 Å². The van der Waals surface area contributed by atoms with Crippen molar-refractivity contribution in [2.75, 3.05) is 33.2 Å². The Morgan fingerprint density at radius 1 is 1.45 bits per heavy atom. The fraction of sp³-hybridized carbons (Fsp3) is 0.533. The van der Waals surface area contributed by atoms with E-state index >= 15 is 0 Å². The second kappa shape index (κ2) is 6.72. The van der Waals surface area contributed by atoms with E-state index in [9.17, 15) is 15.0 Å². The molecule has 1 fully saturated rings. The molecule has 0 aromatic heterocycles. The normalized spacial score (nSPS) is 19.9. The van der Waals surface area contributed by atoms with Crippen LogP contribution in [0.15, 0.2) is 18.2 Å². The van der Waals surface area contributed by atoms with Crippen LogP contribution in [0.1, 0.15) is 23.2 Å². The van der Waals surface area contributed by atoms with Crippen molar-refractivity contribution in [3.8, 4) is 11.5 Å². The number of rotatable bonds is 5. The van der Waals surface area contributed by atoms with Crippen LogP contribution in [0.5, 0.6) is 11.5 Å². The summed E-state index contributed by atoms with van der Waals surface area (Å²) in [5.41, 5.74) is 0.276. The fourth-order valence-electron chi connectivity index (χ4n) is 2.79. The fourth-order valence-corrected chi connectivity index (χ4v) is 2.79. The molecule has 0 aliphatic carbocycles. The van der Waals surface area contributed by atoms with Gasteiger partial charge in [-0.2, -0.15) is 0 Å². The minimum Gasteiger partial charge on any atom is -0.508 e. The molecular weight excluding hydrogens is 256 g/mol. The van der Waals surface area contributed by atoms with Crippen LogP contribution in [0.4, 0.5) is 0 Å². The first-order chi connectivity index (χ1) is 9.60. The number of carbonyl (C=O) groups excluding carboxylic acids is 1. The first-order valence-corrected chi connectivity index (χ1v) is 7.02. The summed E-state index contributed by atoms with van der Waals surface area (Å²) >= 11 is 0. The number of phenols is 2. The number of Topliss-reactive ketones (excluding diaryl/α,β-unsaturated/α-hetero) is 1. The third kappa shape index (κ3) is 3.71. The Balaban J connectivity index is 1.97. The average Bonchev–Trinajstić information content (AvgIpc) is 2.39. The summed E-state index contributed by atoms with van der Waals surface area (Å²) < 4.78 is 0. The predicted molar refractivity (Wildman–Crippen MR) is 77.2 cm³/mol. The predicted octanol–water partition coefficient (Wildman–Crippen LogP) is 1.21. The Morgan fingerprint density at radius 3 is 2.95 bits per heavy atom. The first kappa shape index (κ1) is 14.8. The van der Waals surface area contributed by atoms with Crippen LogP contribution in [0, 0.1) is 5.92 Å². The van der Waals surface area contributed by atoms with Crippen LogP contribution in [-0.4, -0.2) is 54.1 Å². The number of piperidine rings is 1. The van der Waals surface area contributed by atoms with Gasteiger partial charge in [0.1, 0.15) is 11.5 Å². The van der Waals surface area contributed by atoms with Crippen molar-refractivity contribution in [3.63, 3.8) is 0 Å². The van der Waals surface area contributed by atoms with E-state index in [1.807, 2.05) is 7.05 Å². The highest BCUT2D eigenvalue weighted by atomic mass is 16.3. The molecular formula is C15H22N2O3. The zero-order valence-corrected chi connectivity index (χ0v) is 11.8. The average molecular weight is 278 g/mol. The van der Waals surface area contributed by atoms with Crippen molar-refractivity contribution < 1.29 is 15.0 Å². The van der Waals surface area contributed by atoms with Crippen molar-refractivity contribution in [2.24, 2.45) is 5.92 Å². The number of ketones is 1. The van der Waals surface area contributed by atoms with Crippen LogP contribution >= 0.6 is 0 Å². The molecule has 1 aliphatic heterocycles. The van der Waals surface area contributed by atoms with Gasteiger partial charge in [-0.15, -0.1) is 0 Å². The second-order valence-electron chi connectivity index (χ2n) is 5.43. The summed E-state index contributed by atoms with van der Waals surface area (Å²) in [6.45, 7) is 3.12. The molecule has 1 heterocycles. The molecule has 0 spiro atoms. The number of hydrogen-bond donors (Lipinski definition) is 3. The number of hydrogen-bond acceptors (Lipinski definition) is 5. The Morgan fingerprint density at radius 2 is 2.25 bits per heavy atom. The van der Waals surface area contributed by atoms with Crippen LogP contribution in [0.2, 0.25) is 0 Å². The van der Waals surface area contributed by atoms with Gasteiger partial charge in [-0.1, -0.05) is 0 Å². The molecule has 0 bridgehead atoms. The summed E-state index contributed by atoms with van der Waals surface area (Å²) in [7, 11) is 1.94. The minimum atomic E-state index is -0.154. The third-order valence-electron chi connectivity index (χ3n) is 3.74. The maximum Gasteiger partial charge on any atom is 0.180 e. The van der Waals surface area contributed by atoms with Gasteiger partial charge in [0.2, 0.25) is 0 Å². The molecule has 20 heavy (non-hydrogen) atoms. The van der Waals surface area contributed by atoms with E-state index in [0.29, 0.717) is 12.5 Å². The van der Waals surface area contributed by atoms with Gasteiger partial charge >= 0.3 is 0 Å². The Labute approximate surface area is 119 Å². The van der Waals surface area contributed by atoms with Gasteiger partial charge in [-0.3, -0.25) is 9.69 Å². The Hall–Kier alpha value is -1.59. The molecule has 110 valence electrons. The number of carbonyl (C=O) groups is 1. The van der Waals surface area contributed by atoms with Gasteiger partial charge in [0.15, 0.2) is 5.78 Å². The first-order valence-electron chi connectivity index (χ1n) is 7.02. The number of phenolic OH excluding ortho intramolecular Hbond substituents is 2. The van der Waals surface area contributed by atoms with Crippen molar-refractivity contribution in [2.45, 2.75) is 12.8 Å². The van der Waals surface area contributed by atoms with E-state index in [1.54, 1.807) is 0 Å². The second-order valence-corrected chi connectivity index (χ2v) is 5.43. The lowest BCUT2D eigenvalue weighted by atomic mass is 9.97. The summed E-state index contributed by atoms with van der Waals surface area (Å²) in [6, 6.07) is 4.10. The molecule has 0 saturated carbocycles. The number of nitrogens with one attached hydrogen (secondary N) is 1. The van der Waals surface area contributed by atoms with E-state index < -0.39 is 0 Å². The molecule has 1 atom stereocenters. The quantitative estimate of drug-likeness (QED) is 0.706. The van der Waals surface area contributed by atoms with E-state index in [-0.39, 0.29) is 22.8 Å². The SMILES string of the molecule is CNCC1CCCN(CC(=O)c2ccc(O)cc2O)C1. The zero-order chi connectivity index (χ0) is 14.5. The van der Waals surface area contributed by atoms with Crippen LogP contribution in [0.3, 0.4) is 0 Å². The highest BCUT2D eigenvalue weighted by Gasteiger charge is 2.22. The van der Waals surface area contributed by atoms with Crippen LogP contribution < -0.4 is 5.32 Å². The molecule has 5 nitrogen and oxygen atoms in total. The van der Waals surface area contributed by atoms with E-state index in [2.05, 4.69) is 10.2 Å². The summed E-state index contributed by atoms with van der Waals surface area (Å²) in [4.78, 5) is 14.3. The van der Waals surface area contributed by atoms with E-state index in [1.165, 1.54) is 24.6 Å². The van der Waals surface area contributed by atoms with E-state index in [4.69, 9.17) is 0 Å². The van der Waals surface area contributed by atoms with Gasteiger partial charge in [-0.05, 0) is 51.0 Å². The Kier molecular flexibility index (Phi) is 4.98. The zero-order valence-electron chi connectivity index (χ0n) is 11.8. The molecule has 1 aromatic carbocycles. The van der Waals surface area contributed by atoms with Crippen molar-refractivity contribution in [1.29, 1.82) is 0 Å². The van der Waals surface area contributed by atoms with Gasteiger partial charge in [-0.25, -0.2) is 0 Å². The lowest BCUT2D eigenvalue weighted by molar-refractivity contribution is 0.0884. The van der Waals surface area contributed by atoms with Crippen LogP contribution in [0.25, 0.3) is 0 Å². The summed E-state index contributed by atoms with van der Waals surface area (Å²) in [5.74, 6) is 0.285. The summed E-state index contributed by atoms with van der Waals surface area (Å²) in [6.07, 6.45) is 2.29. The van der Waals surface area contributed by atoms with Crippen LogP contribution in [-0.2, 0) is 0 Å². The van der Waals surface area contributed by atoms with Gasteiger partial charge in [0.25, 0.3) is 0 Å². The molecule has 1 unspecified atom stereocenters. The smallest absolute Gasteiger partial charge is 0.180 e. The highest BCUT2D eigenvalue weighted by molar-refractivity contribution is 6.00. The molecule has 1 aliphatic rings. The number of aromatic hydroxyl groups is 2. The molecule has 3 N–H and O–H groups in total. The molecule has 1 aromatic rings. The highest BCUT2D eigenvalue weighted by Crippen LogP contribution is 2.24. The number of nitrogens with zero attached hydrogens (tertiary/aromatic N) is 1. The number of likely N-dealkylation sites (tertiary alicyclic amines) is 1. The molecule has 0 amide bonds. The molecule has 0 radical (unpaired) electrons.